The molecule has 0 aromatic heterocycles. The van der Waals surface area contributed by atoms with Crippen molar-refractivity contribution in [3.05, 3.63) is 69.2 Å². The number of carbonyl (C=O) groups excluding carboxylic acids is 1. The molecule has 0 spiro atoms. The SMILES string of the molecule is CS(=O)(=O)NC(=O)c1ccc(Cc2ccc(Cl)c(Cl)c2)cc1. The summed E-state index contributed by atoms with van der Waals surface area (Å²) in [6, 6.07) is 12.1. The third-order valence-corrected chi connectivity index (χ3v) is 4.18. The van der Waals surface area contributed by atoms with Crippen molar-refractivity contribution in [3.8, 4) is 0 Å². The van der Waals surface area contributed by atoms with Gasteiger partial charge in [0.2, 0.25) is 10.0 Å². The van der Waals surface area contributed by atoms with Crippen LogP contribution in [0.25, 0.3) is 0 Å². The predicted octanol–water partition coefficient (Wildman–Crippen LogP) is 3.27. The van der Waals surface area contributed by atoms with E-state index in [-0.39, 0.29) is 5.56 Å². The Kier molecular flexibility index (Phi) is 5.11. The molecule has 0 unspecified atom stereocenters. The summed E-state index contributed by atoms with van der Waals surface area (Å²) >= 11 is 11.8. The molecule has 1 N–H and O–H groups in total. The van der Waals surface area contributed by atoms with Crippen LogP contribution in [0, 0.1) is 0 Å². The summed E-state index contributed by atoms with van der Waals surface area (Å²) in [6.07, 6.45) is 1.56. The van der Waals surface area contributed by atoms with Gasteiger partial charge in [0, 0.05) is 5.56 Å². The van der Waals surface area contributed by atoms with Gasteiger partial charge >= 0.3 is 0 Å². The van der Waals surface area contributed by atoms with Gasteiger partial charge in [0.05, 0.1) is 16.3 Å². The van der Waals surface area contributed by atoms with Crippen molar-refractivity contribution in [1.82, 2.24) is 4.72 Å². The van der Waals surface area contributed by atoms with Gasteiger partial charge in [-0.2, -0.15) is 0 Å². The number of sulfonamides is 1. The number of hydrogen-bond donors (Lipinski definition) is 1. The minimum atomic E-state index is -3.57. The van der Waals surface area contributed by atoms with Gasteiger partial charge in [-0.25, -0.2) is 13.1 Å². The first kappa shape index (κ1) is 16.8. The topological polar surface area (TPSA) is 63.2 Å². The van der Waals surface area contributed by atoms with Crippen LogP contribution in [-0.4, -0.2) is 20.6 Å². The van der Waals surface area contributed by atoms with Crippen LogP contribution in [0.15, 0.2) is 42.5 Å². The second-order valence-electron chi connectivity index (χ2n) is 4.83. The number of hydrogen-bond acceptors (Lipinski definition) is 3. The molecule has 0 aliphatic carbocycles. The van der Waals surface area contributed by atoms with E-state index in [0.29, 0.717) is 16.5 Å². The molecule has 0 aliphatic rings. The van der Waals surface area contributed by atoms with Crippen LogP contribution in [0.2, 0.25) is 10.0 Å². The van der Waals surface area contributed by atoms with E-state index in [1.807, 2.05) is 10.8 Å². The van der Waals surface area contributed by atoms with E-state index in [0.717, 1.165) is 17.4 Å². The largest absolute Gasteiger partial charge is 0.268 e. The average molecular weight is 358 g/mol. The molecular weight excluding hydrogens is 345 g/mol. The van der Waals surface area contributed by atoms with Crippen LogP contribution in [0.4, 0.5) is 0 Å². The fraction of sp³-hybridized carbons (Fsp3) is 0.133. The number of amides is 1. The lowest BCUT2D eigenvalue weighted by molar-refractivity contribution is 0.0981. The van der Waals surface area contributed by atoms with E-state index < -0.39 is 15.9 Å². The maximum Gasteiger partial charge on any atom is 0.264 e. The van der Waals surface area contributed by atoms with E-state index in [9.17, 15) is 13.2 Å². The van der Waals surface area contributed by atoms with Crippen molar-refractivity contribution in [3.63, 3.8) is 0 Å². The van der Waals surface area contributed by atoms with Gasteiger partial charge in [-0.05, 0) is 41.8 Å². The van der Waals surface area contributed by atoms with Crippen molar-refractivity contribution in [2.75, 3.05) is 6.26 Å². The molecule has 22 heavy (non-hydrogen) atoms. The lowest BCUT2D eigenvalue weighted by Crippen LogP contribution is -2.29. The van der Waals surface area contributed by atoms with Crippen LogP contribution in [0.5, 0.6) is 0 Å². The van der Waals surface area contributed by atoms with Crippen LogP contribution in [-0.2, 0) is 16.4 Å². The van der Waals surface area contributed by atoms with E-state index in [2.05, 4.69) is 0 Å². The standard InChI is InChI=1S/C15H13Cl2NO3S/c1-22(20,21)18-15(19)12-5-2-10(3-6-12)8-11-4-7-13(16)14(17)9-11/h2-7,9H,8H2,1H3,(H,18,19). The van der Waals surface area contributed by atoms with Gasteiger partial charge < -0.3 is 0 Å². The molecule has 0 saturated heterocycles. The van der Waals surface area contributed by atoms with Crippen molar-refractivity contribution >= 4 is 39.1 Å². The number of carbonyl (C=O) groups is 1. The molecule has 0 saturated carbocycles. The van der Waals surface area contributed by atoms with Crippen molar-refractivity contribution in [2.24, 2.45) is 0 Å². The lowest BCUT2D eigenvalue weighted by Gasteiger charge is -2.06. The van der Waals surface area contributed by atoms with Crippen LogP contribution in [0.3, 0.4) is 0 Å². The predicted molar refractivity (Wildman–Crippen MR) is 88.0 cm³/mol. The zero-order chi connectivity index (χ0) is 16.3. The Labute approximate surface area is 139 Å². The Hall–Kier alpha value is -1.56. The highest BCUT2D eigenvalue weighted by atomic mass is 35.5. The molecule has 2 aromatic rings. The summed E-state index contributed by atoms with van der Waals surface area (Å²) in [5, 5.41) is 0.988. The highest BCUT2D eigenvalue weighted by Crippen LogP contribution is 2.24. The Morgan fingerprint density at radius 1 is 1.00 bits per heavy atom. The monoisotopic (exact) mass is 357 g/mol. The van der Waals surface area contributed by atoms with Crippen LogP contribution >= 0.6 is 23.2 Å². The average Bonchev–Trinajstić information content (AvgIpc) is 2.42. The lowest BCUT2D eigenvalue weighted by atomic mass is 10.0. The second-order valence-corrected chi connectivity index (χ2v) is 7.39. The number of halogens is 2. The Balaban J connectivity index is 2.12. The molecule has 0 atom stereocenters. The molecule has 116 valence electrons. The second kappa shape index (κ2) is 6.69. The molecule has 0 heterocycles. The quantitative estimate of drug-likeness (QED) is 0.912. The van der Waals surface area contributed by atoms with Gasteiger partial charge in [0.15, 0.2) is 0 Å². The number of rotatable bonds is 4. The summed E-state index contributed by atoms with van der Waals surface area (Å²) in [6.45, 7) is 0. The molecular formula is C15H13Cl2NO3S. The van der Waals surface area contributed by atoms with E-state index in [1.165, 1.54) is 0 Å². The molecule has 0 radical (unpaired) electrons. The normalized spacial score (nSPS) is 11.2. The molecule has 2 rings (SSSR count). The first-order valence-corrected chi connectivity index (χ1v) is 8.94. The van der Waals surface area contributed by atoms with Crippen molar-refractivity contribution in [2.45, 2.75) is 6.42 Å². The highest BCUT2D eigenvalue weighted by Gasteiger charge is 2.10. The first-order chi connectivity index (χ1) is 10.2. The molecule has 1 amide bonds. The smallest absolute Gasteiger partial charge is 0.264 e. The van der Waals surface area contributed by atoms with Crippen molar-refractivity contribution in [1.29, 1.82) is 0 Å². The molecule has 0 bridgehead atoms. The summed E-state index contributed by atoms with van der Waals surface area (Å²) in [4.78, 5) is 11.7. The van der Waals surface area contributed by atoms with Crippen LogP contribution < -0.4 is 4.72 Å². The zero-order valence-corrected chi connectivity index (χ0v) is 14.0. The van der Waals surface area contributed by atoms with Gasteiger partial charge in [-0.3, -0.25) is 4.79 Å². The Morgan fingerprint density at radius 2 is 1.59 bits per heavy atom. The van der Waals surface area contributed by atoms with Gasteiger partial charge in [0.25, 0.3) is 5.91 Å². The molecule has 0 aliphatic heterocycles. The van der Waals surface area contributed by atoms with Gasteiger partial charge in [-0.1, -0.05) is 41.4 Å². The minimum absolute atomic E-state index is 0.281. The molecule has 4 nitrogen and oxygen atoms in total. The van der Waals surface area contributed by atoms with E-state index in [1.54, 1.807) is 36.4 Å². The van der Waals surface area contributed by atoms with Crippen molar-refractivity contribution < 1.29 is 13.2 Å². The Morgan fingerprint density at radius 3 is 2.14 bits per heavy atom. The third-order valence-electron chi connectivity index (χ3n) is 2.89. The molecule has 7 heteroatoms. The maximum atomic E-state index is 11.7. The summed E-state index contributed by atoms with van der Waals surface area (Å²) in [7, 11) is -3.57. The fourth-order valence-corrected chi connectivity index (χ4v) is 2.66. The zero-order valence-electron chi connectivity index (χ0n) is 11.6. The van der Waals surface area contributed by atoms with E-state index in [4.69, 9.17) is 23.2 Å². The molecule has 0 fully saturated rings. The highest BCUT2D eigenvalue weighted by molar-refractivity contribution is 7.89. The first-order valence-electron chi connectivity index (χ1n) is 6.29. The molecule has 2 aromatic carbocycles. The fourth-order valence-electron chi connectivity index (χ4n) is 1.89. The van der Waals surface area contributed by atoms with Crippen LogP contribution in [0.1, 0.15) is 21.5 Å². The third kappa shape index (κ3) is 4.73. The van der Waals surface area contributed by atoms with E-state index >= 15 is 0 Å². The van der Waals surface area contributed by atoms with Gasteiger partial charge in [-0.15, -0.1) is 0 Å². The Bertz CT molecular complexity index is 802. The maximum absolute atomic E-state index is 11.7. The van der Waals surface area contributed by atoms with Gasteiger partial charge in [0.1, 0.15) is 0 Å². The summed E-state index contributed by atoms with van der Waals surface area (Å²) in [5.41, 5.74) is 2.24. The minimum Gasteiger partial charge on any atom is -0.268 e. The number of benzene rings is 2. The summed E-state index contributed by atoms with van der Waals surface area (Å²) < 4.78 is 24.0. The summed E-state index contributed by atoms with van der Waals surface area (Å²) in [5.74, 6) is -0.649. The number of nitrogens with one attached hydrogen (secondary N) is 1.